The van der Waals surface area contributed by atoms with Crippen LogP contribution in [0.15, 0.2) is 50.8 Å². The third-order valence-corrected chi connectivity index (χ3v) is 6.81. The van der Waals surface area contributed by atoms with Crippen molar-refractivity contribution in [2.75, 3.05) is 17.4 Å². The number of carbonyl (C=O) groups is 1. The highest BCUT2D eigenvalue weighted by atomic mass is 79.9. The van der Waals surface area contributed by atoms with E-state index < -0.39 is 6.17 Å². The molecule has 0 saturated carbocycles. The molecule has 0 spiro atoms. The molecule has 0 bridgehead atoms. The Balaban J connectivity index is 1.84. The number of ether oxygens (including phenoxy) is 2. The number of halogens is 1. The maximum absolute atomic E-state index is 13.3. The summed E-state index contributed by atoms with van der Waals surface area (Å²) in [7, 11) is 0. The van der Waals surface area contributed by atoms with E-state index >= 15 is 0 Å². The number of amides is 1. The molecule has 1 atom stereocenters. The smallest absolute Gasteiger partial charge is 0.325 e. The number of nitrogens with one attached hydrogen (secondary N) is 1. The van der Waals surface area contributed by atoms with Gasteiger partial charge in [0.25, 0.3) is 6.17 Å². The van der Waals surface area contributed by atoms with Gasteiger partial charge in [0, 0.05) is 16.0 Å². The van der Waals surface area contributed by atoms with Crippen molar-refractivity contribution < 1.29 is 19.0 Å². The molecule has 1 unspecified atom stereocenters. The van der Waals surface area contributed by atoms with Crippen LogP contribution in [0.2, 0.25) is 0 Å². The van der Waals surface area contributed by atoms with Gasteiger partial charge in [0.1, 0.15) is 0 Å². The maximum Gasteiger partial charge on any atom is 0.325 e. The van der Waals surface area contributed by atoms with Gasteiger partial charge in [0.2, 0.25) is 17.9 Å². The van der Waals surface area contributed by atoms with Gasteiger partial charge in [-0.15, -0.1) is 0 Å². The van der Waals surface area contributed by atoms with Crippen LogP contribution in [0.25, 0.3) is 11.3 Å². The number of para-hydroxylation sites is 1. The molecule has 1 amide bonds. The lowest BCUT2D eigenvalue weighted by molar-refractivity contribution is -0.763. The molecule has 3 heterocycles. The topological polar surface area (TPSA) is 88.4 Å². The van der Waals surface area contributed by atoms with Crippen LogP contribution in [0.4, 0.5) is 5.69 Å². The molecule has 2 aliphatic heterocycles. The van der Waals surface area contributed by atoms with Gasteiger partial charge in [0.05, 0.1) is 16.8 Å². The number of hydrogen-bond donors (Lipinski definition) is 1. The number of thioether (sulfide) groups is 1. The molecule has 0 radical (unpaired) electrons. The standard InChI is InChI=1S/C22H19BrN4O4S/c1-3-18(28)26-15-8-6-5-7-12(15)19-20(29)24-22(32-4-2)25-27(19)21(26)13-9-16-17(10-14(13)23)31-11-30-16/h5-10,21H,3-4,11H2,1-2H3/p+1. The average Bonchev–Trinajstić information content (AvgIpc) is 3.24. The van der Waals surface area contributed by atoms with E-state index in [1.54, 1.807) is 9.58 Å². The molecule has 10 heteroatoms. The van der Waals surface area contributed by atoms with Gasteiger partial charge in [-0.1, -0.05) is 53.7 Å². The van der Waals surface area contributed by atoms with E-state index in [2.05, 4.69) is 20.9 Å². The second-order valence-electron chi connectivity index (χ2n) is 7.22. The zero-order chi connectivity index (χ0) is 22.4. The third kappa shape index (κ3) is 3.29. The predicted molar refractivity (Wildman–Crippen MR) is 123 cm³/mol. The fourth-order valence-corrected chi connectivity index (χ4v) is 5.14. The molecule has 1 N–H and O–H groups in total. The summed E-state index contributed by atoms with van der Waals surface area (Å²) in [6, 6.07) is 11.1. The molecular formula is C22H20BrN4O4S+. The molecule has 2 aliphatic rings. The molecule has 164 valence electrons. The van der Waals surface area contributed by atoms with Gasteiger partial charge in [0.15, 0.2) is 11.5 Å². The van der Waals surface area contributed by atoms with Gasteiger partial charge < -0.3 is 9.47 Å². The van der Waals surface area contributed by atoms with Crippen LogP contribution in [0.1, 0.15) is 32.0 Å². The fraction of sp³-hybridized carbons (Fsp3) is 0.273. The zero-order valence-corrected chi connectivity index (χ0v) is 19.8. The Morgan fingerprint density at radius 2 is 2.03 bits per heavy atom. The zero-order valence-electron chi connectivity index (χ0n) is 17.4. The molecule has 0 fully saturated rings. The van der Waals surface area contributed by atoms with E-state index in [4.69, 9.17) is 14.6 Å². The first-order chi connectivity index (χ1) is 15.5. The number of benzene rings is 2. The van der Waals surface area contributed by atoms with Crippen LogP contribution in [0.3, 0.4) is 0 Å². The summed E-state index contributed by atoms with van der Waals surface area (Å²) < 4.78 is 13.5. The first kappa shape index (κ1) is 21.0. The van der Waals surface area contributed by atoms with Crippen molar-refractivity contribution in [3.8, 4) is 22.8 Å². The quantitative estimate of drug-likeness (QED) is 0.421. The number of fused-ring (bicyclic) bond motifs is 4. The Kier molecular flexibility index (Phi) is 5.42. The van der Waals surface area contributed by atoms with Gasteiger partial charge in [-0.05, 0) is 34.7 Å². The highest BCUT2D eigenvalue weighted by Crippen LogP contribution is 2.43. The van der Waals surface area contributed by atoms with Gasteiger partial charge in [-0.2, -0.15) is 0 Å². The Labute approximate surface area is 196 Å². The summed E-state index contributed by atoms with van der Waals surface area (Å²) in [4.78, 5) is 31.1. The van der Waals surface area contributed by atoms with E-state index in [0.717, 1.165) is 15.8 Å². The van der Waals surface area contributed by atoms with E-state index in [-0.39, 0.29) is 18.3 Å². The summed E-state index contributed by atoms with van der Waals surface area (Å²) in [5.74, 6) is 1.86. The second kappa shape index (κ2) is 8.25. The number of nitrogens with zero attached hydrogens (tertiary/aromatic N) is 3. The summed E-state index contributed by atoms with van der Waals surface area (Å²) in [6.45, 7) is 3.94. The maximum atomic E-state index is 13.3. The highest BCUT2D eigenvalue weighted by Gasteiger charge is 2.46. The van der Waals surface area contributed by atoms with Crippen LogP contribution < -0.4 is 24.6 Å². The number of hydrogen-bond acceptors (Lipinski definition) is 6. The molecule has 0 saturated heterocycles. The lowest BCUT2D eigenvalue weighted by Crippen LogP contribution is -2.61. The summed E-state index contributed by atoms with van der Waals surface area (Å²) in [5.41, 5.74) is 2.20. The SMILES string of the molecule is CCSc1n[n+]2c(c(=O)[nH]1)-c1ccccc1N(C(=O)CC)C2c1cc2c(cc1Br)OCO2. The number of aromatic nitrogens is 3. The second-order valence-corrected chi connectivity index (χ2v) is 9.33. The number of aromatic amines is 1. The van der Waals surface area contributed by atoms with Gasteiger partial charge in [-0.25, -0.2) is 4.90 Å². The van der Waals surface area contributed by atoms with Crippen LogP contribution in [-0.4, -0.2) is 28.5 Å². The Hall–Kier alpha value is -2.85. The van der Waals surface area contributed by atoms with Crippen LogP contribution in [0, 0.1) is 0 Å². The number of H-pyrrole nitrogens is 1. The van der Waals surface area contributed by atoms with E-state index in [1.807, 2.05) is 50.2 Å². The lowest BCUT2D eigenvalue weighted by Gasteiger charge is -2.32. The summed E-state index contributed by atoms with van der Waals surface area (Å²) >= 11 is 5.07. The van der Waals surface area contributed by atoms with Gasteiger partial charge in [-0.3, -0.25) is 14.6 Å². The third-order valence-electron chi connectivity index (χ3n) is 5.38. The number of rotatable bonds is 4. The average molecular weight is 516 g/mol. The minimum atomic E-state index is -0.685. The molecule has 2 aromatic carbocycles. The predicted octanol–water partition coefficient (Wildman–Crippen LogP) is 3.63. The van der Waals surface area contributed by atoms with Crippen LogP contribution >= 0.6 is 27.7 Å². The molecule has 1 aromatic heterocycles. The Morgan fingerprint density at radius 1 is 1.28 bits per heavy atom. The normalized spacial score (nSPS) is 16.0. The Morgan fingerprint density at radius 3 is 2.78 bits per heavy atom. The van der Waals surface area contributed by atoms with Crippen LogP contribution in [0.5, 0.6) is 11.5 Å². The monoisotopic (exact) mass is 515 g/mol. The van der Waals surface area contributed by atoms with Crippen LogP contribution in [-0.2, 0) is 4.79 Å². The Bertz CT molecular complexity index is 1300. The molecule has 8 nitrogen and oxygen atoms in total. The van der Waals surface area contributed by atoms with E-state index in [0.29, 0.717) is 40.0 Å². The largest absolute Gasteiger partial charge is 0.454 e. The van der Waals surface area contributed by atoms with Crippen molar-refractivity contribution in [2.45, 2.75) is 31.6 Å². The lowest BCUT2D eigenvalue weighted by atomic mass is 10.0. The minimum absolute atomic E-state index is 0.0862. The summed E-state index contributed by atoms with van der Waals surface area (Å²) in [5, 5.41) is 5.25. The minimum Gasteiger partial charge on any atom is -0.454 e. The summed E-state index contributed by atoms with van der Waals surface area (Å²) in [6.07, 6.45) is -0.391. The number of carbonyl (C=O) groups excluding carboxylic acids is 1. The molecule has 3 aromatic rings. The van der Waals surface area contributed by atoms with Crippen molar-refractivity contribution in [1.82, 2.24) is 10.1 Å². The first-order valence-electron chi connectivity index (χ1n) is 10.2. The van der Waals surface area contributed by atoms with Crippen molar-refractivity contribution in [3.63, 3.8) is 0 Å². The van der Waals surface area contributed by atoms with Gasteiger partial charge >= 0.3 is 11.3 Å². The van der Waals surface area contributed by atoms with Crippen molar-refractivity contribution in [2.24, 2.45) is 0 Å². The van der Waals surface area contributed by atoms with Crippen molar-refractivity contribution in [1.29, 1.82) is 0 Å². The molecule has 5 rings (SSSR count). The molecule has 0 aliphatic carbocycles. The highest BCUT2D eigenvalue weighted by molar-refractivity contribution is 9.10. The first-order valence-corrected chi connectivity index (χ1v) is 12.0. The number of anilines is 1. The van der Waals surface area contributed by atoms with Crippen molar-refractivity contribution in [3.05, 3.63) is 56.8 Å². The van der Waals surface area contributed by atoms with E-state index in [1.165, 1.54) is 11.8 Å². The fourth-order valence-electron chi connectivity index (χ4n) is 4.03. The molecule has 32 heavy (non-hydrogen) atoms. The molecular weight excluding hydrogens is 496 g/mol. The van der Waals surface area contributed by atoms with E-state index in [9.17, 15) is 9.59 Å². The van der Waals surface area contributed by atoms with Crippen molar-refractivity contribution >= 4 is 39.3 Å².